The molecule has 0 aromatic heterocycles. The summed E-state index contributed by atoms with van der Waals surface area (Å²) in [6, 6.07) is 16.0. The summed E-state index contributed by atoms with van der Waals surface area (Å²) in [6.45, 7) is 1.80. The van der Waals surface area contributed by atoms with Crippen LogP contribution in [-0.4, -0.2) is 11.8 Å². The lowest BCUT2D eigenvalue weighted by atomic mass is 10.0. The SMILES string of the molecule is Cc1cccc(N2C(=O)C(Nc3cccc(C(F)(F)F)c3)=C(c3ccc(F)cc3)C2=O)c1. The van der Waals surface area contributed by atoms with Gasteiger partial charge in [0.1, 0.15) is 11.5 Å². The summed E-state index contributed by atoms with van der Waals surface area (Å²) in [5, 5.41) is 2.68. The van der Waals surface area contributed by atoms with Crippen molar-refractivity contribution in [3.63, 3.8) is 0 Å². The number of aryl methyl sites for hydroxylation is 1. The molecule has 0 fully saturated rings. The number of hydrogen-bond donors (Lipinski definition) is 1. The average molecular weight is 440 g/mol. The molecule has 0 atom stereocenters. The van der Waals surface area contributed by atoms with E-state index in [1.807, 2.05) is 0 Å². The lowest BCUT2D eigenvalue weighted by Gasteiger charge is -2.16. The van der Waals surface area contributed by atoms with Crippen molar-refractivity contribution >= 4 is 28.8 Å². The Morgan fingerprint density at radius 3 is 2.19 bits per heavy atom. The number of hydrogen-bond acceptors (Lipinski definition) is 3. The zero-order chi connectivity index (χ0) is 23.0. The van der Waals surface area contributed by atoms with Crippen LogP contribution in [0.25, 0.3) is 5.57 Å². The predicted octanol–water partition coefficient (Wildman–Crippen LogP) is 5.55. The third kappa shape index (κ3) is 3.99. The molecule has 0 aliphatic carbocycles. The Morgan fingerprint density at radius 1 is 0.844 bits per heavy atom. The maximum absolute atomic E-state index is 13.4. The minimum absolute atomic E-state index is 0.0123. The van der Waals surface area contributed by atoms with Gasteiger partial charge >= 0.3 is 6.18 Å². The second-order valence-electron chi connectivity index (χ2n) is 7.25. The summed E-state index contributed by atoms with van der Waals surface area (Å²) in [6.07, 6.45) is -4.57. The van der Waals surface area contributed by atoms with Gasteiger partial charge in [-0.15, -0.1) is 0 Å². The van der Waals surface area contributed by atoms with Gasteiger partial charge in [0, 0.05) is 5.69 Å². The minimum Gasteiger partial charge on any atom is -0.350 e. The highest BCUT2D eigenvalue weighted by molar-refractivity contribution is 6.46. The molecule has 0 bridgehead atoms. The van der Waals surface area contributed by atoms with Gasteiger partial charge in [0.05, 0.1) is 16.8 Å². The summed E-state index contributed by atoms with van der Waals surface area (Å²) >= 11 is 0. The fraction of sp³-hybridized carbons (Fsp3) is 0.0833. The van der Waals surface area contributed by atoms with E-state index in [9.17, 15) is 27.2 Å². The molecular weight excluding hydrogens is 424 g/mol. The second kappa shape index (κ2) is 7.96. The number of nitrogens with zero attached hydrogens (tertiary/aromatic N) is 1. The maximum atomic E-state index is 13.4. The Hall–Kier alpha value is -3.94. The van der Waals surface area contributed by atoms with Crippen LogP contribution in [0.5, 0.6) is 0 Å². The van der Waals surface area contributed by atoms with Crippen LogP contribution < -0.4 is 10.2 Å². The Bertz CT molecular complexity index is 1250. The molecule has 0 saturated carbocycles. The van der Waals surface area contributed by atoms with E-state index >= 15 is 0 Å². The summed E-state index contributed by atoms with van der Waals surface area (Å²) < 4.78 is 52.8. The van der Waals surface area contributed by atoms with Crippen molar-refractivity contribution in [2.45, 2.75) is 13.1 Å². The number of alkyl halides is 3. The van der Waals surface area contributed by atoms with Gasteiger partial charge in [-0.3, -0.25) is 9.59 Å². The number of benzene rings is 3. The molecule has 1 aliphatic heterocycles. The van der Waals surface area contributed by atoms with Crippen molar-refractivity contribution in [2.24, 2.45) is 0 Å². The largest absolute Gasteiger partial charge is 0.416 e. The van der Waals surface area contributed by atoms with Crippen LogP contribution in [0.1, 0.15) is 16.7 Å². The summed E-state index contributed by atoms with van der Waals surface area (Å²) in [5.41, 5.74) is 0.220. The first-order valence-corrected chi connectivity index (χ1v) is 9.55. The normalized spacial score (nSPS) is 14.3. The van der Waals surface area contributed by atoms with E-state index in [1.165, 1.54) is 24.3 Å². The smallest absolute Gasteiger partial charge is 0.350 e. The fourth-order valence-electron chi connectivity index (χ4n) is 3.45. The summed E-state index contributed by atoms with van der Waals surface area (Å²) in [4.78, 5) is 27.5. The van der Waals surface area contributed by atoms with Gasteiger partial charge in [0.15, 0.2) is 0 Å². The second-order valence-corrected chi connectivity index (χ2v) is 7.25. The highest BCUT2D eigenvalue weighted by Gasteiger charge is 2.40. The van der Waals surface area contributed by atoms with Crippen LogP contribution in [0.4, 0.5) is 28.9 Å². The van der Waals surface area contributed by atoms with Crippen LogP contribution in [0.15, 0.2) is 78.5 Å². The van der Waals surface area contributed by atoms with Crippen LogP contribution in [0.2, 0.25) is 0 Å². The Labute approximate surface area is 180 Å². The van der Waals surface area contributed by atoms with Gasteiger partial charge in [0.2, 0.25) is 0 Å². The monoisotopic (exact) mass is 440 g/mol. The quantitative estimate of drug-likeness (QED) is 0.428. The molecule has 4 nitrogen and oxygen atoms in total. The molecule has 1 heterocycles. The zero-order valence-corrected chi connectivity index (χ0v) is 16.7. The number of carbonyl (C=O) groups excluding carboxylic acids is 2. The van der Waals surface area contributed by atoms with Crippen molar-refractivity contribution in [1.82, 2.24) is 0 Å². The molecule has 32 heavy (non-hydrogen) atoms. The van der Waals surface area contributed by atoms with E-state index in [1.54, 1.807) is 31.2 Å². The van der Waals surface area contributed by atoms with Crippen molar-refractivity contribution in [3.05, 3.63) is 101 Å². The van der Waals surface area contributed by atoms with Gasteiger partial charge in [0.25, 0.3) is 11.8 Å². The van der Waals surface area contributed by atoms with E-state index in [0.717, 1.165) is 34.7 Å². The standard InChI is InChI=1S/C24H16F4N2O2/c1-14-4-2-7-19(12-14)30-22(31)20(15-8-10-17(25)11-9-15)21(23(30)32)29-18-6-3-5-16(13-18)24(26,27)28/h2-13,29H,1H3. The molecule has 0 saturated heterocycles. The number of halogens is 4. The highest BCUT2D eigenvalue weighted by Crippen LogP contribution is 2.35. The van der Waals surface area contributed by atoms with Gasteiger partial charge in [-0.2, -0.15) is 13.2 Å². The molecular formula is C24H16F4N2O2. The zero-order valence-electron chi connectivity index (χ0n) is 16.7. The molecule has 1 N–H and O–H groups in total. The Balaban J connectivity index is 1.82. The third-order valence-electron chi connectivity index (χ3n) is 4.94. The molecule has 0 radical (unpaired) electrons. The molecule has 8 heteroatoms. The molecule has 1 aliphatic rings. The number of carbonyl (C=O) groups is 2. The van der Waals surface area contributed by atoms with Crippen molar-refractivity contribution in [2.75, 3.05) is 10.2 Å². The molecule has 0 unspecified atom stereocenters. The Morgan fingerprint density at radius 2 is 1.53 bits per heavy atom. The number of imide groups is 1. The van der Waals surface area contributed by atoms with Crippen LogP contribution >= 0.6 is 0 Å². The first-order chi connectivity index (χ1) is 15.1. The fourth-order valence-corrected chi connectivity index (χ4v) is 3.45. The molecule has 2 amide bonds. The molecule has 3 aromatic carbocycles. The number of nitrogens with one attached hydrogen (secondary N) is 1. The van der Waals surface area contributed by atoms with E-state index in [2.05, 4.69) is 5.32 Å². The van der Waals surface area contributed by atoms with Gasteiger partial charge in [-0.25, -0.2) is 9.29 Å². The maximum Gasteiger partial charge on any atom is 0.416 e. The molecule has 162 valence electrons. The number of rotatable bonds is 4. The van der Waals surface area contributed by atoms with Crippen molar-refractivity contribution in [1.29, 1.82) is 0 Å². The van der Waals surface area contributed by atoms with Gasteiger partial charge in [-0.05, 0) is 60.5 Å². The van der Waals surface area contributed by atoms with Crippen LogP contribution in [-0.2, 0) is 15.8 Å². The van der Waals surface area contributed by atoms with E-state index in [0.29, 0.717) is 5.69 Å². The highest BCUT2D eigenvalue weighted by atomic mass is 19.4. The Kier molecular flexibility index (Phi) is 5.30. The third-order valence-corrected chi connectivity index (χ3v) is 4.94. The van der Waals surface area contributed by atoms with Gasteiger partial charge in [-0.1, -0.05) is 30.3 Å². The number of anilines is 2. The van der Waals surface area contributed by atoms with E-state index in [4.69, 9.17) is 0 Å². The topological polar surface area (TPSA) is 49.4 Å². The van der Waals surface area contributed by atoms with Gasteiger partial charge < -0.3 is 5.32 Å². The molecule has 3 aromatic rings. The lowest BCUT2D eigenvalue weighted by Crippen LogP contribution is -2.32. The minimum atomic E-state index is -4.57. The molecule has 4 rings (SSSR count). The summed E-state index contributed by atoms with van der Waals surface area (Å²) in [7, 11) is 0. The van der Waals surface area contributed by atoms with Crippen LogP contribution in [0, 0.1) is 12.7 Å². The summed E-state index contributed by atoms with van der Waals surface area (Å²) in [5.74, 6) is -1.92. The first-order valence-electron chi connectivity index (χ1n) is 9.55. The van der Waals surface area contributed by atoms with E-state index < -0.39 is 29.4 Å². The van der Waals surface area contributed by atoms with Crippen molar-refractivity contribution in [3.8, 4) is 0 Å². The molecule has 0 spiro atoms. The first kappa shape index (κ1) is 21.3. The van der Waals surface area contributed by atoms with Crippen LogP contribution in [0.3, 0.4) is 0 Å². The lowest BCUT2D eigenvalue weighted by molar-refractivity contribution is -0.137. The average Bonchev–Trinajstić information content (AvgIpc) is 2.98. The van der Waals surface area contributed by atoms with Crippen molar-refractivity contribution < 1.29 is 27.2 Å². The van der Waals surface area contributed by atoms with E-state index in [-0.39, 0.29) is 22.5 Å². The predicted molar refractivity (Wildman–Crippen MR) is 112 cm³/mol. The number of amides is 2.